The molecular formula is C22H25N3O4. The molecule has 2 aliphatic rings. The maximum Gasteiger partial charge on any atom is 0.274 e. The zero-order chi connectivity index (χ0) is 20.5. The number of fused-ring (bicyclic) bond motifs is 4. The number of carbonyl (C=O) groups excluding carboxylic acids is 2. The summed E-state index contributed by atoms with van der Waals surface area (Å²) in [7, 11) is 1.59. The van der Waals surface area contributed by atoms with E-state index >= 15 is 0 Å². The fraction of sp³-hybridized carbons (Fsp3) is 0.409. The first-order chi connectivity index (χ1) is 13.9. The van der Waals surface area contributed by atoms with Crippen molar-refractivity contribution in [2.75, 3.05) is 25.5 Å². The lowest BCUT2D eigenvalue weighted by Gasteiger charge is -2.42. The zero-order valence-corrected chi connectivity index (χ0v) is 16.7. The van der Waals surface area contributed by atoms with Gasteiger partial charge in [0.15, 0.2) is 0 Å². The van der Waals surface area contributed by atoms with Gasteiger partial charge in [-0.1, -0.05) is 12.1 Å². The number of anilines is 1. The Labute approximate surface area is 169 Å². The second-order valence-electron chi connectivity index (χ2n) is 7.88. The lowest BCUT2D eigenvalue weighted by molar-refractivity contribution is -0.131. The number of amides is 2. The van der Waals surface area contributed by atoms with E-state index in [1.165, 1.54) is 0 Å². The van der Waals surface area contributed by atoms with E-state index in [0.29, 0.717) is 25.3 Å². The first-order valence-corrected chi connectivity index (χ1v) is 9.86. The van der Waals surface area contributed by atoms with Crippen molar-refractivity contribution >= 4 is 17.5 Å². The van der Waals surface area contributed by atoms with E-state index in [-0.39, 0.29) is 35.6 Å². The highest BCUT2D eigenvalue weighted by Gasteiger charge is 2.35. The quantitative estimate of drug-likeness (QED) is 0.859. The molecule has 1 N–H and O–H groups in total. The zero-order valence-electron chi connectivity index (χ0n) is 16.7. The topological polar surface area (TPSA) is 80.6 Å². The Morgan fingerprint density at radius 2 is 1.86 bits per heavy atom. The lowest BCUT2D eigenvalue weighted by Crippen LogP contribution is -2.48. The molecule has 152 valence electrons. The van der Waals surface area contributed by atoms with E-state index < -0.39 is 0 Å². The number of piperidine rings is 1. The van der Waals surface area contributed by atoms with Gasteiger partial charge in [0.1, 0.15) is 11.4 Å². The van der Waals surface area contributed by atoms with Crippen molar-refractivity contribution < 1.29 is 14.3 Å². The molecule has 3 heterocycles. The molecule has 29 heavy (non-hydrogen) atoms. The van der Waals surface area contributed by atoms with Crippen LogP contribution >= 0.6 is 0 Å². The predicted molar refractivity (Wildman–Crippen MR) is 109 cm³/mol. The monoisotopic (exact) mass is 395 g/mol. The van der Waals surface area contributed by atoms with Gasteiger partial charge in [0.2, 0.25) is 11.8 Å². The van der Waals surface area contributed by atoms with Crippen molar-refractivity contribution in [3.63, 3.8) is 0 Å². The number of methoxy groups -OCH3 is 1. The minimum atomic E-state index is -0.230. The third-order valence-electron chi connectivity index (χ3n) is 5.85. The maximum absolute atomic E-state index is 13.0. The SMILES string of the molecule is COc1ccc(CC(=O)Nc2ccc3n(c2=O)C[C@H]2C[C@@H]3CN(C(C)=O)C2)cc1. The van der Waals surface area contributed by atoms with Gasteiger partial charge >= 0.3 is 0 Å². The van der Waals surface area contributed by atoms with Crippen LogP contribution in [0, 0.1) is 5.92 Å². The van der Waals surface area contributed by atoms with Gasteiger partial charge in [-0.25, -0.2) is 0 Å². The summed E-state index contributed by atoms with van der Waals surface area (Å²) < 4.78 is 6.90. The number of hydrogen-bond donors (Lipinski definition) is 1. The molecule has 2 amide bonds. The Balaban J connectivity index is 1.50. The van der Waals surface area contributed by atoms with Gasteiger partial charge in [-0.3, -0.25) is 14.4 Å². The molecule has 2 atom stereocenters. The second-order valence-corrected chi connectivity index (χ2v) is 7.88. The van der Waals surface area contributed by atoms with Gasteiger partial charge in [-0.2, -0.15) is 0 Å². The van der Waals surface area contributed by atoms with Crippen LogP contribution in [0.2, 0.25) is 0 Å². The number of pyridine rings is 1. The number of ether oxygens (including phenoxy) is 1. The first kappa shape index (κ1) is 19.2. The summed E-state index contributed by atoms with van der Waals surface area (Å²) in [6.07, 6.45) is 1.18. The van der Waals surface area contributed by atoms with Crippen molar-refractivity contribution in [3.05, 3.63) is 58.0 Å². The van der Waals surface area contributed by atoms with Crippen LogP contribution in [0.3, 0.4) is 0 Å². The average molecular weight is 395 g/mol. The van der Waals surface area contributed by atoms with Gasteiger partial charge in [0, 0.05) is 38.2 Å². The van der Waals surface area contributed by atoms with Crippen LogP contribution in [0.25, 0.3) is 0 Å². The molecular weight excluding hydrogens is 370 g/mol. The summed E-state index contributed by atoms with van der Waals surface area (Å²) in [5, 5.41) is 2.76. The second kappa shape index (κ2) is 7.73. The predicted octanol–water partition coefficient (Wildman–Crippen LogP) is 2.00. The van der Waals surface area contributed by atoms with E-state index in [0.717, 1.165) is 23.4 Å². The smallest absolute Gasteiger partial charge is 0.274 e. The van der Waals surface area contributed by atoms with Crippen LogP contribution in [0.1, 0.15) is 30.5 Å². The number of nitrogens with zero attached hydrogens (tertiary/aromatic N) is 2. The van der Waals surface area contributed by atoms with Gasteiger partial charge < -0.3 is 19.5 Å². The molecule has 0 spiro atoms. The van der Waals surface area contributed by atoms with Crippen LogP contribution in [0.15, 0.2) is 41.2 Å². The normalized spacial score (nSPS) is 20.0. The molecule has 1 aromatic heterocycles. The Morgan fingerprint density at radius 3 is 2.55 bits per heavy atom. The van der Waals surface area contributed by atoms with E-state index in [4.69, 9.17) is 4.74 Å². The molecule has 0 unspecified atom stereocenters. The number of nitrogens with one attached hydrogen (secondary N) is 1. The molecule has 0 radical (unpaired) electrons. The van der Waals surface area contributed by atoms with E-state index in [1.54, 1.807) is 36.8 Å². The number of hydrogen-bond acceptors (Lipinski definition) is 4. The van der Waals surface area contributed by atoms with Crippen molar-refractivity contribution in [1.82, 2.24) is 9.47 Å². The molecule has 0 saturated carbocycles. The highest BCUT2D eigenvalue weighted by atomic mass is 16.5. The first-order valence-electron chi connectivity index (χ1n) is 9.86. The summed E-state index contributed by atoms with van der Waals surface area (Å²) in [4.78, 5) is 39.1. The largest absolute Gasteiger partial charge is 0.497 e. The van der Waals surface area contributed by atoms with Crippen molar-refractivity contribution in [3.8, 4) is 5.75 Å². The number of aromatic nitrogens is 1. The maximum atomic E-state index is 13.0. The summed E-state index contributed by atoms with van der Waals surface area (Å²) >= 11 is 0. The summed E-state index contributed by atoms with van der Waals surface area (Å²) in [6, 6.07) is 10.9. The number of benzene rings is 1. The highest BCUT2D eigenvalue weighted by Crippen LogP contribution is 2.35. The van der Waals surface area contributed by atoms with Crippen LogP contribution in [-0.4, -0.2) is 41.5 Å². The molecule has 1 fully saturated rings. The molecule has 4 rings (SSSR count). The molecule has 2 aliphatic heterocycles. The van der Waals surface area contributed by atoms with Gasteiger partial charge in [-0.05, 0) is 42.2 Å². The summed E-state index contributed by atoms with van der Waals surface area (Å²) in [5.74, 6) is 1.02. The Hall–Kier alpha value is -3.09. The molecule has 7 heteroatoms. The third kappa shape index (κ3) is 3.90. The standard InChI is InChI=1S/C22H25N3O4/c1-14(26)24-11-16-9-17(13-24)20-8-7-19(22(28)25(20)12-16)23-21(27)10-15-3-5-18(29-2)6-4-15/h3-8,16-17H,9-13H2,1-2H3,(H,23,27)/t16-,17+/m0/s1. The van der Waals surface area contributed by atoms with Crippen LogP contribution < -0.4 is 15.6 Å². The minimum Gasteiger partial charge on any atom is -0.497 e. The van der Waals surface area contributed by atoms with Crippen molar-refractivity contribution in [2.45, 2.75) is 32.2 Å². The minimum absolute atomic E-state index is 0.0814. The number of rotatable bonds is 4. The van der Waals surface area contributed by atoms with Crippen molar-refractivity contribution in [1.29, 1.82) is 0 Å². The molecule has 2 aromatic rings. The number of carbonyl (C=O) groups is 2. The molecule has 0 aliphatic carbocycles. The van der Waals surface area contributed by atoms with E-state index in [9.17, 15) is 14.4 Å². The van der Waals surface area contributed by atoms with Gasteiger partial charge in [0.25, 0.3) is 5.56 Å². The van der Waals surface area contributed by atoms with Crippen LogP contribution in [-0.2, 0) is 22.6 Å². The van der Waals surface area contributed by atoms with Crippen LogP contribution in [0.5, 0.6) is 5.75 Å². The molecule has 2 bridgehead atoms. The average Bonchev–Trinajstić information content (AvgIpc) is 2.71. The molecule has 7 nitrogen and oxygen atoms in total. The fourth-order valence-corrected chi connectivity index (χ4v) is 4.42. The van der Waals surface area contributed by atoms with E-state index in [1.807, 2.05) is 23.1 Å². The van der Waals surface area contributed by atoms with Gasteiger partial charge in [0.05, 0.1) is 13.5 Å². The fourth-order valence-electron chi connectivity index (χ4n) is 4.42. The van der Waals surface area contributed by atoms with Gasteiger partial charge in [-0.15, -0.1) is 0 Å². The third-order valence-corrected chi connectivity index (χ3v) is 5.85. The highest BCUT2D eigenvalue weighted by molar-refractivity contribution is 5.92. The van der Waals surface area contributed by atoms with Crippen LogP contribution in [0.4, 0.5) is 5.69 Å². The number of likely N-dealkylation sites (tertiary alicyclic amines) is 1. The lowest BCUT2D eigenvalue weighted by atomic mass is 9.83. The molecule has 1 aromatic carbocycles. The summed E-state index contributed by atoms with van der Waals surface area (Å²) in [6.45, 7) is 3.51. The van der Waals surface area contributed by atoms with E-state index in [2.05, 4.69) is 5.32 Å². The molecule has 1 saturated heterocycles. The Bertz CT molecular complexity index is 996. The Kier molecular flexibility index (Phi) is 5.13. The Morgan fingerprint density at radius 1 is 1.10 bits per heavy atom. The summed E-state index contributed by atoms with van der Waals surface area (Å²) in [5.41, 5.74) is 1.93. The van der Waals surface area contributed by atoms with Crippen molar-refractivity contribution in [2.24, 2.45) is 5.92 Å².